The Hall–Kier alpha value is -3.13. The van der Waals surface area contributed by atoms with Gasteiger partial charge in [0.15, 0.2) is 10.8 Å². The number of thiazole rings is 1. The van der Waals surface area contributed by atoms with E-state index >= 15 is 0 Å². The van der Waals surface area contributed by atoms with Crippen LogP contribution in [0.2, 0.25) is 0 Å². The Labute approximate surface area is 147 Å². The number of rotatable bonds is 4. The van der Waals surface area contributed by atoms with E-state index in [0.717, 1.165) is 4.88 Å². The highest BCUT2D eigenvalue weighted by Crippen LogP contribution is 2.28. The van der Waals surface area contributed by atoms with Crippen LogP contribution in [0.4, 0.5) is 16.2 Å². The number of nitrogens with one attached hydrogen (secondary N) is 2. The molecule has 0 bridgehead atoms. The number of aromatic nitrogens is 1. The maximum absolute atomic E-state index is 12.4. The zero-order valence-electron chi connectivity index (χ0n) is 13.5. The number of carbonyl (C=O) groups excluding carboxylic acids is 2. The number of benzene rings is 1. The highest BCUT2D eigenvalue weighted by Gasteiger charge is 2.17. The maximum Gasteiger partial charge on any atom is 0.411 e. The molecule has 0 atom stereocenters. The fourth-order valence-corrected chi connectivity index (χ4v) is 2.99. The lowest BCUT2D eigenvalue weighted by atomic mass is 10.2. The standard InChI is InChI=1S/C17H15N3O4S/c1-10-14(20-16(25-10)13-4-3-9-24-13)15(21)18-11-5-7-12(8-6-11)19-17(22)23-2/h3-9H,1-2H3,(H,18,21)(H,19,22). The minimum Gasteiger partial charge on any atom is -0.462 e. The number of anilines is 2. The highest BCUT2D eigenvalue weighted by molar-refractivity contribution is 7.15. The van der Waals surface area contributed by atoms with Gasteiger partial charge >= 0.3 is 6.09 Å². The van der Waals surface area contributed by atoms with E-state index < -0.39 is 6.09 Å². The molecule has 0 unspecified atom stereocenters. The Morgan fingerprint density at radius 2 is 1.80 bits per heavy atom. The Balaban J connectivity index is 1.71. The first-order chi connectivity index (χ1) is 12.1. The van der Waals surface area contributed by atoms with Gasteiger partial charge in [0.1, 0.15) is 5.69 Å². The lowest BCUT2D eigenvalue weighted by Gasteiger charge is -2.06. The second kappa shape index (κ2) is 7.18. The lowest BCUT2D eigenvalue weighted by Crippen LogP contribution is -2.14. The number of furan rings is 1. The monoisotopic (exact) mass is 357 g/mol. The van der Waals surface area contributed by atoms with Crippen molar-refractivity contribution in [1.29, 1.82) is 0 Å². The molecule has 2 N–H and O–H groups in total. The number of nitrogens with zero attached hydrogens (tertiary/aromatic N) is 1. The number of methoxy groups -OCH3 is 1. The van der Waals surface area contributed by atoms with Crippen molar-refractivity contribution in [2.24, 2.45) is 0 Å². The first kappa shape index (κ1) is 16.7. The molecule has 3 aromatic rings. The van der Waals surface area contributed by atoms with Crippen molar-refractivity contribution in [3.63, 3.8) is 0 Å². The number of aryl methyl sites for hydroxylation is 1. The van der Waals surface area contributed by atoms with E-state index in [4.69, 9.17) is 4.42 Å². The fourth-order valence-electron chi connectivity index (χ4n) is 2.11. The van der Waals surface area contributed by atoms with Crippen LogP contribution in [0.25, 0.3) is 10.8 Å². The second-order valence-corrected chi connectivity index (χ2v) is 6.25. The quantitative estimate of drug-likeness (QED) is 0.732. The van der Waals surface area contributed by atoms with E-state index in [9.17, 15) is 9.59 Å². The molecule has 0 aliphatic carbocycles. The van der Waals surface area contributed by atoms with Crippen LogP contribution in [0, 0.1) is 6.92 Å². The molecule has 2 aromatic heterocycles. The number of hydrogen-bond donors (Lipinski definition) is 2. The smallest absolute Gasteiger partial charge is 0.411 e. The van der Waals surface area contributed by atoms with Gasteiger partial charge in [-0.1, -0.05) is 0 Å². The minimum atomic E-state index is -0.555. The van der Waals surface area contributed by atoms with Crippen LogP contribution in [0.5, 0.6) is 0 Å². The molecule has 0 fully saturated rings. The van der Waals surface area contributed by atoms with Crippen LogP contribution >= 0.6 is 11.3 Å². The lowest BCUT2D eigenvalue weighted by molar-refractivity contribution is 0.102. The fraction of sp³-hybridized carbons (Fsp3) is 0.118. The van der Waals surface area contributed by atoms with Crippen molar-refractivity contribution in [3.8, 4) is 10.8 Å². The number of carbonyl (C=O) groups is 2. The van der Waals surface area contributed by atoms with Gasteiger partial charge in [-0.05, 0) is 43.3 Å². The van der Waals surface area contributed by atoms with Crippen LogP contribution in [0.1, 0.15) is 15.4 Å². The van der Waals surface area contributed by atoms with Gasteiger partial charge in [-0.15, -0.1) is 11.3 Å². The second-order valence-electron chi connectivity index (χ2n) is 5.05. The summed E-state index contributed by atoms with van der Waals surface area (Å²) in [6.07, 6.45) is 1.01. The first-order valence-corrected chi connectivity index (χ1v) is 8.16. The molecule has 0 spiro atoms. The zero-order chi connectivity index (χ0) is 17.8. The van der Waals surface area contributed by atoms with Gasteiger partial charge in [0, 0.05) is 16.3 Å². The molecule has 3 rings (SSSR count). The molecule has 2 heterocycles. The van der Waals surface area contributed by atoms with E-state index in [1.54, 1.807) is 42.7 Å². The van der Waals surface area contributed by atoms with Gasteiger partial charge in [-0.25, -0.2) is 9.78 Å². The molecule has 128 valence electrons. The average Bonchev–Trinajstić information content (AvgIpc) is 3.26. The summed E-state index contributed by atoms with van der Waals surface area (Å²) in [6.45, 7) is 1.84. The van der Waals surface area contributed by atoms with Crippen LogP contribution in [-0.2, 0) is 4.74 Å². The number of ether oxygens (including phenoxy) is 1. The Morgan fingerprint density at radius 1 is 1.12 bits per heavy atom. The third kappa shape index (κ3) is 3.86. The molecular weight excluding hydrogens is 342 g/mol. The SMILES string of the molecule is COC(=O)Nc1ccc(NC(=O)c2nc(-c3ccco3)sc2C)cc1. The molecule has 25 heavy (non-hydrogen) atoms. The summed E-state index contributed by atoms with van der Waals surface area (Å²) in [6, 6.07) is 10.3. The topological polar surface area (TPSA) is 93.5 Å². The Kier molecular flexibility index (Phi) is 4.80. The highest BCUT2D eigenvalue weighted by atomic mass is 32.1. The van der Waals surface area contributed by atoms with E-state index in [-0.39, 0.29) is 5.91 Å². The summed E-state index contributed by atoms with van der Waals surface area (Å²) >= 11 is 1.40. The van der Waals surface area contributed by atoms with Crippen LogP contribution < -0.4 is 10.6 Å². The van der Waals surface area contributed by atoms with Crippen molar-refractivity contribution < 1.29 is 18.7 Å². The van der Waals surface area contributed by atoms with Gasteiger partial charge in [0.2, 0.25) is 0 Å². The van der Waals surface area contributed by atoms with Gasteiger partial charge in [-0.3, -0.25) is 10.1 Å². The predicted molar refractivity (Wildman–Crippen MR) is 95.0 cm³/mol. The molecule has 8 heteroatoms. The molecule has 0 saturated heterocycles. The molecule has 0 aliphatic heterocycles. The molecule has 0 aliphatic rings. The number of amides is 2. The molecule has 2 amide bonds. The first-order valence-electron chi connectivity index (χ1n) is 7.34. The van der Waals surface area contributed by atoms with Crippen molar-refractivity contribution in [1.82, 2.24) is 4.98 Å². The van der Waals surface area contributed by atoms with Gasteiger partial charge in [0.05, 0.1) is 13.4 Å². The van der Waals surface area contributed by atoms with Crippen LogP contribution in [0.3, 0.4) is 0 Å². The van der Waals surface area contributed by atoms with Gasteiger partial charge < -0.3 is 14.5 Å². The van der Waals surface area contributed by atoms with E-state index in [0.29, 0.717) is 27.8 Å². The molecule has 0 saturated carbocycles. The summed E-state index contributed by atoms with van der Waals surface area (Å²) in [4.78, 5) is 28.7. The van der Waals surface area contributed by atoms with Crippen molar-refractivity contribution >= 4 is 34.7 Å². The third-order valence-electron chi connectivity index (χ3n) is 3.32. The third-order valence-corrected chi connectivity index (χ3v) is 4.30. The van der Waals surface area contributed by atoms with Crippen molar-refractivity contribution in [2.45, 2.75) is 6.92 Å². The molecule has 1 aromatic carbocycles. The molecular formula is C17H15N3O4S. The Bertz CT molecular complexity index is 885. The largest absolute Gasteiger partial charge is 0.462 e. The van der Waals surface area contributed by atoms with Crippen molar-refractivity contribution in [2.75, 3.05) is 17.7 Å². The molecule has 0 radical (unpaired) electrons. The van der Waals surface area contributed by atoms with Gasteiger partial charge in [-0.2, -0.15) is 0 Å². The summed E-state index contributed by atoms with van der Waals surface area (Å²) in [7, 11) is 1.29. The van der Waals surface area contributed by atoms with Crippen LogP contribution in [0.15, 0.2) is 47.1 Å². The Morgan fingerprint density at radius 3 is 2.40 bits per heavy atom. The van der Waals surface area contributed by atoms with E-state index in [1.165, 1.54) is 18.4 Å². The van der Waals surface area contributed by atoms with Crippen molar-refractivity contribution in [3.05, 3.63) is 53.2 Å². The van der Waals surface area contributed by atoms with E-state index in [2.05, 4.69) is 20.4 Å². The summed E-state index contributed by atoms with van der Waals surface area (Å²) in [5.74, 6) is 0.325. The van der Waals surface area contributed by atoms with Gasteiger partial charge in [0.25, 0.3) is 5.91 Å². The van der Waals surface area contributed by atoms with E-state index in [1.807, 2.05) is 6.92 Å². The normalized spacial score (nSPS) is 10.3. The number of hydrogen-bond acceptors (Lipinski definition) is 6. The van der Waals surface area contributed by atoms with Crippen LogP contribution in [-0.4, -0.2) is 24.1 Å². The minimum absolute atomic E-state index is 0.305. The molecule has 7 nitrogen and oxygen atoms in total. The summed E-state index contributed by atoms with van der Waals surface area (Å²) in [5, 5.41) is 5.98. The summed E-state index contributed by atoms with van der Waals surface area (Å²) in [5.41, 5.74) is 1.51. The summed E-state index contributed by atoms with van der Waals surface area (Å²) < 4.78 is 9.83. The predicted octanol–water partition coefficient (Wildman–Crippen LogP) is 4.14. The average molecular weight is 357 g/mol. The maximum atomic E-state index is 12.4. The zero-order valence-corrected chi connectivity index (χ0v) is 14.3.